The van der Waals surface area contributed by atoms with Gasteiger partial charge in [-0.15, -0.1) is 0 Å². The molecular weight excluding hydrogens is 508 g/mol. The monoisotopic (exact) mass is 575 g/mol. The lowest BCUT2D eigenvalue weighted by atomic mass is 10.1. The maximum Gasteiger partial charge on any atom is 0.168 e. The molecule has 1 aromatic carbocycles. The van der Waals surface area contributed by atoms with Gasteiger partial charge in [-0.2, -0.15) is 0 Å². The highest BCUT2D eigenvalue weighted by atomic mass is 14.9. The van der Waals surface area contributed by atoms with Crippen LogP contribution in [0.25, 0.3) is 0 Å². The predicted molar refractivity (Wildman–Crippen MR) is 183 cm³/mol. The van der Waals surface area contributed by atoms with Crippen LogP contribution in [0.3, 0.4) is 0 Å². The van der Waals surface area contributed by atoms with Gasteiger partial charge in [0.05, 0.1) is 0 Å². The molecule has 3 rings (SSSR count). The molecule has 2 nitrogen and oxygen atoms in total. The summed E-state index contributed by atoms with van der Waals surface area (Å²) in [4.78, 5) is 0. The second kappa shape index (κ2) is 31.5. The Morgan fingerprint density at radius 1 is 0.262 bits per heavy atom. The van der Waals surface area contributed by atoms with Crippen molar-refractivity contribution in [3.63, 3.8) is 0 Å². The van der Waals surface area contributed by atoms with Crippen molar-refractivity contribution in [3.05, 3.63) is 97.6 Å². The van der Waals surface area contributed by atoms with Gasteiger partial charge in [-0.3, -0.25) is 0 Å². The van der Waals surface area contributed by atoms with Gasteiger partial charge >= 0.3 is 0 Å². The normalized spacial score (nSPS) is 10.3. The molecule has 0 saturated heterocycles. The molecule has 0 radical (unpaired) electrons. The Hall–Kier alpha value is -2.48. The van der Waals surface area contributed by atoms with Crippen LogP contribution in [0.5, 0.6) is 0 Å². The average molecular weight is 575 g/mol. The van der Waals surface area contributed by atoms with Gasteiger partial charge in [0.15, 0.2) is 24.8 Å². The molecule has 3 aromatic rings. The molecule has 2 heterocycles. The number of nitrogens with zero attached hydrogens (tertiary/aromatic N) is 2. The molecule has 0 fully saturated rings. The molecule has 42 heavy (non-hydrogen) atoms. The molecular formula is C40H66N2+2. The number of benzene rings is 1. The van der Waals surface area contributed by atoms with Gasteiger partial charge < -0.3 is 0 Å². The molecule has 0 amide bonds. The van der Waals surface area contributed by atoms with Gasteiger partial charge in [-0.05, 0) is 12.8 Å². The van der Waals surface area contributed by atoms with Crippen LogP contribution < -0.4 is 9.13 Å². The first-order chi connectivity index (χ1) is 20.9. The highest BCUT2D eigenvalue weighted by molar-refractivity contribution is 4.99. The van der Waals surface area contributed by atoms with Crippen molar-refractivity contribution in [2.45, 2.75) is 155 Å². The zero-order chi connectivity index (χ0) is 30.0. The average Bonchev–Trinajstić information content (AvgIpc) is 3.05. The minimum absolute atomic E-state index is 1.18. The first-order valence-corrected chi connectivity index (χ1v) is 17.7. The Labute approximate surface area is 261 Å². The van der Waals surface area contributed by atoms with Crippen LogP contribution in [-0.4, -0.2) is 0 Å². The molecule has 0 atom stereocenters. The predicted octanol–water partition coefficient (Wildman–Crippen LogP) is 11.5. The van der Waals surface area contributed by atoms with E-state index >= 15 is 0 Å². The van der Waals surface area contributed by atoms with Gasteiger partial charge in [0, 0.05) is 37.1 Å². The van der Waals surface area contributed by atoms with Crippen molar-refractivity contribution < 1.29 is 9.13 Å². The minimum Gasteiger partial charge on any atom is -0.205 e. The summed E-state index contributed by atoms with van der Waals surface area (Å²) in [5, 5.41) is 0. The number of unbranched alkanes of at least 4 members (excludes halogenated alkanes) is 18. The van der Waals surface area contributed by atoms with Crippen molar-refractivity contribution in [2.24, 2.45) is 0 Å². The Balaban J connectivity index is 0.000000350. The fourth-order valence-electron chi connectivity index (χ4n) is 5.12. The second-order valence-electron chi connectivity index (χ2n) is 11.7. The lowest BCUT2D eigenvalue weighted by Crippen LogP contribution is -2.32. The van der Waals surface area contributed by atoms with E-state index in [9.17, 15) is 0 Å². The smallest absolute Gasteiger partial charge is 0.168 e. The molecule has 2 aromatic heterocycles. The highest BCUT2D eigenvalue weighted by Crippen LogP contribution is 2.11. The van der Waals surface area contributed by atoms with Crippen LogP contribution in [-0.2, 0) is 13.1 Å². The van der Waals surface area contributed by atoms with Crippen molar-refractivity contribution >= 4 is 0 Å². The fraction of sp³-hybridized carbons (Fsp3) is 0.600. The van der Waals surface area contributed by atoms with Crippen LogP contribution in [0.1, 0.15) is 142 Å². The molecule has 0 aliphatic heterocycles. The number of aromatic nitrogens is 2. The molecule has 0 N–H and O–H groups in total. The number of hydrogen-bond donors (Lipinski definition) is 0. The van der Waals surface area contributed by atoms with Crippen molar-refractivity contribution in [1.29, 1.82) is 0 Å². The molecule has 0 saturated carbocycles. The zero-order valence-corrected chi connectivity index (χ0v) is 27.7. The van der Waals surface area contributed by atoms with Gasteiger partial charge in [-0.1, -0.05) is 165 Å². The van der Waals surface area contributed by atoms with Crippen LogP contribution in [0.2, 0.25) is 0 Å². The molecule has 0 spiro atoms. The van der Waals surface area contributed by atoms with E-state index in [1.165, 1.54) is 142 Å². The third kappa shape index (κ3) is 26.4. The Morgan fingerprint density at radius 3 is 0.738 bits per heavy atom. The van der Waals surface area contributed by atoms with E-state index in [0.29, 0.717) is 0 Å². The van der Waals surface area contributed by atoms with E-state index in [1.807, 2.05) is 36.4 Å². The second-order valence-corrected chi connectivity index (χ2v) is 11.7. The molecule has 2 heteroatoms. The number of rotatable bonds is 22. The molecule has 0 bridgehead atoms. The van der Waals surface area contributed by atoms with Gasteiger partial charge in [-0.25, -0.2) is 9.13 Å². The van der Waals surface area contributed by atoms with E-state index in [-0.39, 0.29) is 0 Å². The molecule has 0 aliphatic rings. The van der Waals surface area contributed by atoms with Crippen LogP contribution >= 0.6 is 0 Å². The lowest BCUT2D eigenvalue weighted by molar-refractivity contribution is -0.697. The standard InChI is InChI=1S/2C17H30N.C6H6/c2*1-2-3-4-5-6-7-8-9-10-12-15-18-16-13-11-14-17-18;1-2-4-6-5-3-1/h2*11,13-14,16-17H,2-10,12,15H2,1H3;1-6H/q2*+1;. The summed E-state index contributed by atoms with van der Waals surface area (Å²) in [5.41, 5.74) is 0. The molecule has 234 valence electrons. The SMILES string of the molecule is CCCCCCCCCCCC[n+]1ccccc1.CCCCCCCCCCCC[n+]1ccccc1.c1ccccc1. The summed E-state index contributed by atoms with van der Waals surface area (Å²) in [6.45, 7) is 6.92. The van der Waals surface area contributed by atoms with Crippen molar-refractivity contribution in [1.82, 2.24) is 0 Å². The summed E-state index contributed by atoms with van der Waals surface area (Å²) < 4.78 is 4.56. The van der Waals surface area contributed by atoms with E-state index in [2.05, 4.69) is 84.2 Å². The lowest BCUT2D eigenvalue weighted by Gasteiger charge is -2.01. The summed E-state index contributed by atoms with van der Waals surface area (Å²) in [7, 11) is 0. The van der Waals surface area contributed by atoms with E-state index in [4.69, 9.17) is 0 Å². The Kier molecular flexibility index (Phi) is 28.1. The topological polar surface area (TPSA) is 7.76 Å². The van der Waals surface area contributed by atoms with E-state index < -0.39 is 0 Å². The zero-order valence-electron chi connectivity index (χ0n) is 27.7. The van der Waals surface area contributed by atoms with Gasteiger partial charge in [0.25, 0.3) is 0 Å². The summed E-state index contributed by atoms with van der Waals surface area (Å²) >= 11 is 0. The maximum atomic E-state index is 2.28. The van der Waals surface area contributed by atoms with Crippen LogP contribution in [0, 0.1) is 0 Å². The largest absolute Gasteiger partial charge is 0.205 e. The quantitative estimate of drug-likeness (QED) is 0.0832. The van der Waals surface area contributed by atoms with Gasteiger partial charge in [0.2, 0.25) is 0 Å². The Morgan fingerprint density at radius 2 is 0.476 bits per heavy atom. The number of aryl methyl sites for hydroxylation is 2. The van der Waals surface area contributed by atoms with Crippen molar-refractivity contribution in [2.75, 3.05) is 0 Å². The number of pyridine rings is 2. The summed E-state index contributed by atoms with van der Waals surface area (Å²) in [5.74, 6) is 0. The highest BCUT2D eigenvalue weighted by Gasteiger charge is 1.99. The third-order valence-corrected chi connectivity index (χ3v) is 7.76. The fourth-order valence-corrected chi connectivity index (χ4v) is 5.12. The minimum atomic E-state index is 1.18. The first-order valence-electron chi connectivity index (χ1n) is 17.7. The Bertz CT molecular complexity index is 780. The summed E-state index contributed by atoms with van der Waals surface area (Å²) in [6, 6.07) is 24.6. The van der Waals surface area contributed by atoms with Gasteiger partial charge in [0.1, 0.15) is 13.1 Å². The summed E-state index contributed by atoms with van der Waals surface area (Å²) in [6.07, 6.45) is 36.9. The maximum absolute atomic E-state index is 2.28. The molecule has 0 unspecified atom stereocenters. The van der Waals surface area contributed by atoms with E-state index in [0.717, 1.165) is 0 Å². The van der Waals surface area contributed by atoms with E-state index in [1.54, 1.807) is 0 Å². The van der Waals surface area contributed by atoms with Crippen LogP contribution in [0.4, 0.5) is 0 Å². The third-order valence-electron chi connectivity index (χ3n) is 7.76. The van der Waals surface area contributed by atoms with Crippen molar-refractivity contribution in [3.8, 4) is 0 Å². The van der Waals surface area contributed by atoms with Crippen LogP contribution in [0.15, 0.2) is 97.6 Å². The first kappa shape index (κ1) is 37.5. The number of hydrogen-bond acceptors (Lipinski definition) is 0. The molecule has 0 aliphatic carbocycles.